The number of carbonyl (C=O) groups excluding carboxylic acids is 1. The summed E-state index contributed by atoms with van der Waals surface area (Å²) < 4.78 is 6.99. The van der Waals surface area contributed by atoms with E-state index in [-0.39, 0.29) is 17.9 Å². The van der Waals surface area contributed by atoms with E-state index in [1.807, 2.05) is 19.1 Å². The van der Waals surface area contributed by atoms with E-state index in [0.717, 1.165) is 10.6 Å². The number of nitrogens with zero attached hydrogens (tertiary/aromatic N) is 3. The molecule has 4 rings (SSSR count). The van der Waals surface area contributed by atoms with Crippen LogP contribution in [0.5, 0.6) is 5.75 Å². The molecule has 2 aromatic heterocycles. The van der Waals surface area contributed by atoms with Gasteiger partial charge >= 0.3 is 0 Å². The molecule has 146 valence electrons. The molecule has 2 heterocycles. The van der Waals surface area contributed by atoms with Gasteiger partial charge in [-0.25, -0.2) is 9.67 Å². The molecule has 0 bridgehead atoms. The Hall–Kier alpha value is -3.03. The minimum atomic E-state index is -0.385. The number of benzene rings is 2. The first-order chi connectivity index (χ1) is 14.0. The smallest absolute Gasteiger partial charge is 0.294 e. The van der Waals surface area contributed by atoms with Crippen LogP contribution in [-0.2, 0) is 6.54 Å². The first-order valence-electron chi connectivity index (χ1n) is 8.77. The third-order valence-corrected chi connectivity index (χ3v) is 5.66. The molecule has 0 aliphatic rings. The van der Waals surface area contributed by atoms with Gasteiger partial charge in [0, 0.05) is 16.1 Å². The number of fused-ring (bicyclic) bond motifs is 1. The molecule has 6 nitrogen and oxygen atoms in total. The topological polar surface area (TPSA) is 74.1 Å². The second kappa shape index (κ2) is 7.77. The van der Waals surface area contributed by atoms with Crippen LogP contribution in [0.2, 0.25) is 5.02 Å². The maximum atomic E-state index is 12.9. The molecule has 0 radical (unpaired) electrons. The highest BCUT2D eigenvalue weighted by Gasteiger charge is 2.18. The second-order valence-electron chi connectivity index (χ2n) is 6.38. The van der Waals surface area contributed by atoms with Crippen LogP contribution < -0.4 is 10.3 Å². The van der Waals surface area contributed by atoms with Crippen molar-refractivity contribution in [2.24, 2.45) is 0 Å². The molecule has 0 saturated heterocycles. The van der Waals surface area contributed by atoms with E-state index >= 15 is 0 Å². The van der Waals surface area contributed by atoms with Gasteiger partial charge in [0.1, 0.15) is 18.0 Å². The molecule has 0 aliphatic carbocycles. The predicted molar refractivity (Wildman–Crippen MR) is 114 cm³/mol. The number of carbonyl (C=O) groups is 1. The molecule has 0 unspecified atom stereocenters. The SMILES string of the molecule is COc1ccc(C(=O)Cn2nc(-c3ccc(Cl)cc3)c3sc(C)nc3c2=O)cc1. The van der Waals surface area contributed by atoms with E-state index in [9.17, 15) is 9.59 Å². The number of methoxy groups -OCH3 is 1. The minimum absolute atomic E-state index is 0.182. The zero-order valence-corrected chi connectivity index (χ0v) is 17.3. The summed E-state index contributed by atoms with van der Waals surface area (Å²) in [5.74, 6) is 0.428. The zero-order chi connectivity index (χ0) is 20.5. The number of hydrogen-bond acceptors (Lipinski definition) is 6. The molecular weight excluding hydrogens is 410 g/mol. The van der Waals surface area contributed by atoms with Crippen molar-refractivity contribution in [3.63, 3.8) is 0 Å². The van der Waals surface area contributed by atoms with E-state index in [0.29, 0.717) is 32.2 Å². The quantitative estimate of drug-likeness (QED) is 0.444. The van der Waals surface area contributed by atoms with Crippen molar-refractivity contribution in [2.75, 3.05) is 7.11 Å². The van der Waals surface area contributed by atoms with Gasteiger partial charge in [-0.15, -0.1) is 11.3 Å². The van der Waals surface area contributed by atoms with Crippen LogP contribution in [0, 0.1) is 6.92 Å². The van der Waals surface area contributed by atoms with Gasteiger partial charge in [-0.1, -0.05) is 23.7 Å². The van der Waals surface area contributed by atoms with Gasteiger partial charge in [-0.3, -0.25) is 9.59 Å². The number of aryl methyl sites for hydroxylation is 1. The molecule has 29 heavy (non-hydrogen) atoms. The highest BCUT2D eigenvalue weighted by atomic mass is 35.5. The number of ether oxygens (including phenoxy) is 1. The number of ketones is 1. The fourth-order valence-electron chi connectivity index (χ4n) is 2.97. The molecule has 0 aliphatic heterocycles. The van der Waals surface area contributed by atoms with E-state index in [2.05, 4.69) is 10.1 Å². The Kier molecular flexibility index (Phi) is 5.17. The summed E-state index contributed by atoms with van der Waals surface area (Å²) in [7, 11) is 1.56. The lowest BCUT2D eigenvalue weighted by Gasteiger charge is -2.09. The van der Waals surface area contributed by atoms with Crippen molar-refractivity contribution < 1.29 is 9.53 Å². The number of Topliss-reactive ketones (excluding diaryl/α,β-unsaturated/α-hetero) is 1. The molecule has 0 amide bonds. The second-order valence-corrected chi connectivity index (χ2v) is 8.02. The van der Waals surface area contributed by atoms with Crippen molar-refractivity contribution >= 4 is 38.9 Å². The molecule has 0 atom stereocenters. The summed E-state index contributed by atoms with van der Waals surface area (Å²) in [5, 5.41) is 5.86. The summed E-state index contributed by atoms with van der Waals surface area (Å²) in [6.45, 7) is 1.65. The number of thiazole rings is 1. The molecule has 4 aromatic rings. The molecule has 0 spiro atoms. The predicted octanol–water partition coefficient (Wildman–Crippen LogP) is 4.37. The van der Waals surface area contributed by atoms with E-state index in [1.54, 1.807) is 43.5 Å². The largest absolute Gasteiger partial charge is 0.497 e. The average molecular weight is 426 g/mol. The van der Waals surface area contributed by atoms with Gasteiger partial charge in [0.2, 0.25) is 0 Å². The van der Waals surface area contributed by atoms with Crippen molar-refractivity contribution in [1.29, 1.82) is 0 Å². The Morgan fingerprint density at radius 1 is 1.14 bits per heavy atom. The Morgan fingerprint density at radius 3 is 2.48 bits per heavy atom. The van der Waals surface area contributed by atoms with Crippen molar-refractivity contribution in [1.82, 2.24) is 14.8 Å². The summed E-state index contributed by atoms with van der Waals surface area (Å²) in [6.07, 6.45) is 0. The van der Waals surface area contributed by atoms with Gasteiger partial charge in [0.05, 0.1) is 16.8 Å². The lowest BCUT2D eigenvalue weighted by Crippen LogP contribution is -2.27. The Morgan fingerprint density at radius 2 is 1.83 bits per heavy atom. The number of rotatable bonds is 5. The van der Waals surface area contributed by atoms with Crippen molar-refractivity contribution in [3.05, 3.63) is 74.5 Å². The standard InChI is InChI=1S/C21H16ClN3O3S/c1-12-23-19-20(29-12)18(14-3-7-15(22)8-4-14)24-25(21(19)27)11-17(26)13-5-9-16(28-2)10-6-13/h3-10H,11H2,1-2H3. The normalized spacial score (nSPS) is 11.0. The van der Waals surface area contributed by atoms with Crippen LogP contribution in [0.4, 0.5) is 0 Å². The van der Waals surface area contributed by atoms with Gasteiger partial charge in [0.25, 0.3) is 5.56 Å². The summed E-state index contributed by atoms with van der Waals surface area (Å²) in [6, 6.07) is 13.9. The van der Waals surface area contributed by atoms with Crippen molar-refractivity contribution in [3.8, 4) is 17.0 Å². The van der Waals surface area contributed by atoms with Gasteiger partial charge in [-0.2, -0.15) is 5.10 Å². The molecule has 2 aromatic carbocycles. The molecule has 0 N–H and O–H groups in total. The van der Waals surface area contributed by atoms with Crippen LogP contribution in [0.3, 0.4) is 0 Å². The first-order valence-corrected chi connectivity index (χ1v) is 9.97. The van der Waals surface area contributed by atoms with E-state index in [1.165, 1.54) is 16.0 Å². The third kappa shape index (κ3) is 3.79. The Bertz CT molecular complexity index is 1260. The van der Waals surface area contributed by atoms with E-state index < -0.39 is 0 Å². The summed E-state index contributed by atoms with van der Waals surface area (Å²) >= 11 is 7.40. The number of hydrogen-bond donors (Lipinski definition) is 0. The first kappa shape index (κ1) is 19.3. The highest BCUT2D eigenvalue weighted by molar-refractivity contribution is 7.19. The Balaban J connectivity index is 1.79. The number of halogens is 1. The number of aromatic nitrogens is 3. The monoisotopic (exact) mass is 425 g/mol. The summed E-state index contributed by atoms with van der Waals surface area (Å²) in [4.78, 5) is 30.0. The zero-order valence-electron chi connectivity index (χ0n) is 15.7. The van der Waals surface area contributed by atoms with Crippen LogP contribution in [0.1, 0.15) is 15.4 Å². The van der Waals surface area contributed by atoms with Crippen LogP contribution in [0.25, 0.3) is 21.5 Å². The molecule has 0 fully saturated rings. The maximum absolute atomic E-state index is 12.9. The van der Waals surface area contributed by atoms with Crippen LogP contribution in [0.15, 0.2) is 53.3 Å². The fraction of sp³-hybridized carbons (Fsp3) is 0.143. The average Bonchev–Trinajstić information content (AvgIpc) is 3.13. The lowest BCUT2D eigenvalue weighted by atomic mass is 10.1. The van der Waals surface area contributed by atoms with Crippen LogP contribution >= 0.6 is 22.9 Å². The lowest BCUT2D eigenvalue weighted by molar-refractivity contribution is 0.0966. The van der Waals surface area contributed by atoms with Gasteiger partial charge in [-0.05, 0) is 43.3 Å². The molecule has 8 heteroatoms. The summed E-state index contributed by atoms with van der Waals surface area (Å²) in [5.41, 5.74) is 1.80. The van der Waals surface area contributed by atoms with Crippen LogP contribution in [-0.4, -0.2) is 27.7 Å². The van der Waals surface area contributed by atoms with Gasteiger partial charge in [0.15, 0.2) is 11.3 Å². The highest BCUT2D eigenvalue weighted by Crippen LogP contribution is 2.30. The fourth-order valence-corrected chi connectivity index (χ4v) is 4.02. The maximum Gasteiger partial charge on any atom is 0.294 e. The molecule has 0 saturated carbocycles. The van der Waals surface area contributed by atoms with Crippen molar-refractivity contribution in [2.45, 2.75) is 13.5 Å². The molecular formula is C21H16ClN3O3S. The third-order valence-electron chi connectivity index (χ3n) is 4.43. The Labute approximate surface area is 175 Å². The van der Waals surface area contributed by atoms with E-state index in [4.69, 9.17) is 16.3 Å². The van der Waals surface area contributed by atoms with Gasteiger partial charge < -0.3 is 4.74 Å². The minimum Gasteiger partial charge on any atom is -0.497 e.